The summed E-state index contributed by atoms with van der Waals surface area (Å²) in [5.74, 6) is -0.192. The molecule has 104 valence electrons. The molecule has 2 unspecified atom stereocenters. The van der Waals surface area contributed by atoms with Crippen LogP contribution >= 0.6 is 0 Å². The summed E-state index contributed by atoms with van der Waals surface area (Å²) in [5, 5.41) is 3.38. The lowest BCUT2D eigenvalue weighted by Crippen LogP contribution is -2.53. The predicted octanol–water partition coefficient (Wildman–Crippen LogP) is 1.25. The topological polar surface area (TPSA) is 58.4 Å². The first-order chi connectivity index (χ1) is 8.70. The van der Waals surface area contributed by atoms with Gasteiger partial charge in [0.05, 0.1) is 6.04 Å². The van der Waals surface area contributed by atoms with Gasteiger partial charge in [0.2, 0.25) is 5.91 Å². The van der Waals surface area contributed by atoms with E-state index in [1.54, 1.807) is 0 Å². The van der Waals surface area contributed by atoms with Crippen LogP contribution in [0.2, 0.25) is 0 Å². The second-order valence-electron chi connectivity index (χ2n) is 5.83. The van der Waals surface area contributed by atoms with Crippen LogP contribution in [0, 0.1) is 0 Å². The fourth-order valence-electron chi connectivity index (χ4n) is 2.95. The lowest BCUT2D eigenvalue weighted by atomic mass is 9.97. The Morgan fingerprint density at radius 2 is 2.17 bits per heavy atom. The zero-order valence-electron chi connectivity index (χ0n) is 11.5. The van der Waals surface area contributed by atoms with Crippen molar-refractivity contribution < 1.29 is 4.79 Å². The SMILES string of the molecule is CCCC1CCCCN1CC(NC1CC1)C(N)=O. The van der Waals surface area contributed by atoms with Crippen LogP contribution in [0.3, 0.4) is 0 Å². The van der Waals surface area contributed by atoms with Crippen molar-refractivity contribution in [2.75, 3.05) is 13.1 Å². The lowest BCUT2D eigenvalue weighted by molar-refractivity contribution is -0.120. The first-order valence-corrected chi connectivity index (χ1v) is 7.50. The molecule has 2 atom stereocenters. The molecule has 3 N–H and O–H groups in total. The molecule has 0 aromatic rings. The number of nitrogens with one attached hydrogen (secondary N) is 1. The number of amides is 1. The predicted molar refractivity (Wildman–Crippen MR) is 73.3 cm³/mol. The van der Waals surface area contributed by atoms with Crippen molar-refractivity contribution in [3.05, 3.63) is 0 Å². The van der Waals surface area contributed by atoms with E-state index in [0.717, 1.165) is 13.1 Å². The number of hydrogen-bond donors (Lipinski definition) is 2. The Bertz CT molecular complexity index is 276. The molecule has 2 aliphatic rings. The highest BCUT2D eigenvalue weighted by Gasteiger charge is 2.31. The zero-order chi connectivity index (χ0) is 13.0. The van der Waals surface area contributed by atoms with Crippen LogP contribution in [0.5, 0.6) is 0 Å². The first kappa shape index (κ1) is 13.8. The molecule has 18 heavy (non-hydrogen) atoms. The summed E-state index contributed by atoms with van der Waals surface area (Å²) in [7, 11) is 0. The van der Waals surface area contributed by atoms with Gasteiger partial charge in [0.25, 0.3) is 0 Å². The van der Waals surface area contributed by atoms with Crippen LogP contribution in [-0.2, 0) is 4.79 Å². The molecule has 1 saturated heterocycles. The minimum Gasteiger partial charge on any atom is -0.368 e. The van der Waals surface area contributed by atoms with Crippen LogP contribution in [0.4, 0.5) is 0 Å². The van der Waals surface area contributed by atoms with Crippen molar-refractivity contribution in [1.29, 1.82) is 0 Å². The average molecular weight is 253 g/mol. The van der Waals surface area contributed by atoms with Gasteiger partial charge in [0.1, 0.15) is 0 Å². The number of likely N-dealkylation sites (tertiary alicyclic amines) is 1. The molecule has 2 fully saturated rings. The summed E-state index contributed by atoms with van der Waals surface area (Å²) in [6.07, 6.45) is 8.73. The number of rotatable bonds is 7. The summed E-state index contributed by atoms with van der Waals surface area (Å²) in [6.45, 7) is 4.16. The molecule has 0 aromatic carbocycles. The van der Waals surface area contributed by atoms with E-state index in [1.807, 2.05) is 0 Å². The molecule has 0 radical (unpaired) electrons. The van der Waals surface area contributed by atoms with Gasteiger partial charge in [0, 0.05) is 18.6 Å². The summed E-state index contributed by atoms with van der Waals surface area (Å²) in [5.41, 5.74) is 5.52. The highest BCUT2D eigenvalue weighted by molar-refractivity contribution is 5.80. The number of nitrogens with two attached hydrogens (primary N) is 1. The molecule has 1 aliphatic carbocycles. The van der Waals surface area contributed by atoms with Gasteiger partial charge in [-0.3, -0.25) is 9.69 Å². The Morgan fingerprint density at radius 3 is 2.78 bits per heavy atom. The first-order valence-electron chi connectivity index (χ1n) is 7.50. The summed E-state index contributed by atoms with van der Waals surface area (Å²) < 4.78 is 0. The number of nitrogens with zero attached hydrogens (tertiary/aromatic N) is 1. The molecule has 1 saturated carbocycles. The van der Waals surface area contributed by atoms with E-state index in [-0.39, 0.29) is 11.9 Å². The number of carbonyl (C=O) groups is 1. The third-order valence-electron chi connectivity index (χ3n) is 4.15. The molecule has 1 amide bonds. The molecular weight excluding hydrogens is 226 g/mol. The maximum absolute atomic E-state index is 11.5. The fraction of sp³-hybridized carbons (Fsp3) is 0.929. The molecule has 1 aliphatic heterocycles. The molecule has 2 rings (SSSR count). The Balaban J connectivity index is 1.87. The van der Waals surface area contributed by atoms with E-state index >= 15 is 0 Å². The quantitative estimate of drug-likeness (QED) is 0.718. The van der Waals surface area contributed by atoms with Crippen LogP contribution < -0.4 is 11.1 Å². The summed E-state index contributed by atoms with van der Waals surface area (Å²) in [6, 6.07) is 1.04. The van der Waals surface area contributed by atoms with Crippen LogP contribution in [0.25, 0.3) is 0 Å². The maximum Gasteiger partial charge on any atom is 0.235 e. The number of carbonyl (C=O) groups excluding carboxylic acids is 1. The molecule has 1 heterocycles. The fourth-order valence-corrected chi connectivity index (χ4v) is 2.95. The van der Waals surface area contributed by atoms with Gasteiger partial charge >= 0.3 is 0 Å². The highest BCUT2D eigenvalue weighted by atomic mass is 16.1. The lowest BCUT2D eigenvalue weighted by Gasteiger charge is -2.37. The van der Waals surface area contributed by atoms with Crippen LogP contribution in [-0.4, -0.2) is 42.0 Å². The van der Waals surface area contributed by atoms with E-state index in [2.05, 4.69) is 17.1 Å². The zero-order valence-corrected chi connectivity index (χ0v) is 11.5. The van der Waals surface area contributed by atoms with E-state index < -0.39 is 0 Å². The molecule has 0 spiro atoms. The Labute approximate surface area is 110 Å². The van der Waals surface area contributed by atoms with Gasteiger partial charge in [-0.25, -0.2) is 0 Å². The molecule has 4 heteroatoms. The molecular formula is C14H27N3O. The van der Waals surface area contributed by atoms with Gasteiger partial charge in [0.15, 0.2) is 0 Å². The van der Waals surface area contributed by atoms with E-state index in [0.29, 0.717) is 12.1 Å². The minimum atomic E-state index is -0.192. The third kappa shape index (κ3) is 3.95. The second-order valence-corrected chi connectivity index (χ2v) is 5.83. The molecule has 0 aromatic heterocycles. The molecule has 0 bridgehead atoms. The number of primary amides is 1. The van der Waals surface area contributed by atoms with Crippen molar-refractivity contribution in [2.24, 2.45) is 5.73 Å². The van der Waals surface area contributed by atoms with Crippen molar-refractivity contribution in [2.45, 2.75) is 70.0 Å². The van der Waals surface area contributed by atoms with E-state index in [1.165, 1.54) is 44.9 Å². The van der Waals surface area contributed by atoms with E-state index in [9.17, 15) is 4.79 Å². The van der Waals surface area contributed by atoms with Crippen molar-refractivity contribution in [3.63, 3.8) is 0 Å². The maximum atomic E-state index is 11.5. The number of hydrogen-bond acceptors (Lipinski definition) is 3. The number of piperidine rings is 1. The van der Waals surface area contributed by atoms with E-state index in [4.69, 9.17) is 5.73 Å². The Morgan fingerprint density at radius 1 is 1.39 bits per heavy atom. The Kier molecular flexibility index (Phi) is 5.01. The summed E-state index contributed by atoms with van der Waals surface area (Å²) >= 11 is 0. The van der Waals surface area contributed by atoms with Gasteiger partial charge in [-0.2, -0.15) is 0 Å². The second kappa shape index (κ2) is 6.53. The smallest absolute Gasteiger partial charge is 0.235 e. The Hall–Kier alpha value is -0.610. The van der Waals surface area contributed by atoms with Crippen molar-refractivity contribution in [3.8, 4) is 0 Å². The van der Waals surface area contributed by atoms with Gasteiger partial charge < -0.3 is 11.1 Å². The normalized spacial score (nSPS) is 27.1. The van der Waals surface area contributed by atoms with Crippen molar-refractivity contribution in [1.82, 2.24) is 10.2 Å². The average Bonchev–Trinajstić information content (AvgIpc) is 3.15. The monoisotopic (exact) mass is 253 g/mol. The van der Waals surface area contributed by atoms with Crippen LogP contribution in [0.1, 0.15) is 51.9 Å². The standard InChI is InChI=1S/C14H27N3O/c1-2-5-12-6-3-4-9-17(12)10-13(14(15)18)16-11-7-8-11/h11-13,16H,2-10H2,1H3,(H2,15,18). The summed E-state index contributed by atoms with van der Waals surface area (Å²) in [4.78, 5) is 14.0. The minimum absolute atomic E-state index is 0.157. The van der Waals surface area contributed by atoms with Gasteiger partial charge in [-0.15, -0.1) is 0 Å². The van der Waals surface area contributed by atoms with Crippen molar-refractivity contribution >= 4 is 5.91 Å². The highest BCUT2D eigenvalue weighted by Crippen LogP contribution is 2.23. The van der Waals surface area contributed by atoms with Gasteiger partial charge in [-0.05, 0) is 38.6 Å². The largest absolute Gasteiger partial charge is 0.368 e. The van der Waals surface area contributed by atoms with Crippen LogP contribution in [0.15, 0.2) is 0 Å². The molecule has 4 nitrogen and oxygen atoms in total. The third-order valence-corrected chi connectivity index (χ3v) is 4.15. The van der Waals surface area contributed by atoms with Gasteiger partial charge in [-0.1, -0.05) is 19.8 Å².